The van der Waals surface area contributed by atoms with E-state index >= 15 is 0 Å². The second-order valence-electron chi connectivity index (χ2n) is 1.98. The van der Waals surface area contributed by atoms with Gasteiger partial charge in [0.15, 0.2) is 0 Å². The molecule has 0 saturated heterocycles. The van der Waals surface area contributed by atoms with E-state index in [0.717, 1.165) is 0 Å². The summed E-state index contributed by atoms with van der Waals surface area (Å²) in [6.45, 7) is 0. The van der Waals surface area contributed by atoms with Crippen LogP contribution in [-0.2, 0) is 10.5 Å². The fourth-order valence-corrected chi connectivity index (χ4v) is 0.942. The van der Waals surface area contributed by atoms with Gasteiger partial charge in [-0.05, 0) is 12.1 Å². The first kappa shape index (κ1) is 12.8. The smallest absolute Gasteiger partial charge is 0.281 e. The molecule has 1 aromatic rings. The Morgan fingerprint density at radius 3 is 2.14 bits per heavy atom. The molecule has 7 heteroatoms. The molecule has 0 radical (unpaired) electrons. The molecule has 0 aromatic heterocycles. The van der Waals surface area contributed by atoms with Crippen LogP contribution < -0.4 is 5.14 Å². The highest BCUT2D eigenvalue weighted by Gasteiger charge is 2.01. The van der Waals surface area contributed by atoms with E-state index in [1.165, 1.54) is 12.1 Å². The summed E-state index contributed by atoms with van der Waals surface area (Å²) < 4.78 is 22.8. The highest BCUT2D eigenvalue weighted by atomic mass is 32.2. The van der Waals surface area contributed by atoms with Crippen LogP contribution in [0.2, 0.25) is 0 Å². The number of benzene rings is 1. The molecule has 0 heterocycles. The summed E-state index contributed by atoms with van der Waals surface area (Å²) in [6.07, 6.45) is 0. The Balaban J connectivity index is 0.000000791. The molecule has 0 bridgehead atoms. The maximum absolute atomic E-state index is 10.9. The van der Waals surface area contributed by atoms with Crippen molar-refractivity contribution < 1.29 is 13.2 Å². The van der Waals surface area contributed by atoms with E-state index in [4.69, 9.17) is 0 Å². The van der Waals surface area contributed by atoms with Gasteiger partial charge < -0.3 is 0 Å². The van der Waals surface area contributed by atoms with E-state index in [9.17, 15) is 13.2 Å². The molecule has 0 unspecified atom stereocenters. The Bertz CT molecular complexity index is 406. The van der Waals surface area contributed by atoms with Crippen molar-refractivity contribution in [3.63, 3.8) is 0 Å². The molecule has 76 valence electrons. The number of nitrogens with two attached hydrogens (primary N) is 1. The van der Waals surface area contributed by atoms with Crippen LogP contribution in [0, 0.1) is 0 Å². The van der Waals surface area contributed by atoms with Crippen molar-refractivity contribution in [1.82, 2.24) is 0 Å². The van der Waals surface area contributed by atoms with E-state index in [1.807, 2.05) is 0 Å². The third-order valence-corrected chi connectivity index (χ3v) is 1.49. The minimum atomic E-state index is -2.67. The Labute approximate surface area is 88.2 Å². The zero-order valence-electron chi connectivity index (χ0n) is 6.99. The second-order valence-corrected chi connectivity index (χ2v) is 2.60. The SMILES string of the molecule is NS.O=C(N=S(=O)=O)c1ccccc1. The Kier molecular flexibility index (Phi) is 6.63. The molecule has 14 heavy (non-hydrogen) atoms. The zero-order valence-corrected chi connectivity index (χ0v) is 8.70. The Morgan fingerprint density at radius 1 is 1.21 bits per heavy atom. The van der Waals surface area contributed by atoms with Gasteiger partial charge >= 0.3 is 10.5 Å². The lowest BCUT2D eigenvalue weighted by Gasteiger charge is -1.88. The van der Waals surface area contributed by atoms with Crippen LogP contribution in [0.1, 0.15) is 10.4 Å². The average molecular weight is 232 g/mol. The summed E-state index contributed by atoms with van der Waals surface area (Å²) in [5, 5.41) is 4.19. The van der Waals surface area contributed by atoms with Gasteiger partial charge in [-0.2, -0.15) is 8.42 Å². The highest BCUT2D eigenvalue weighted by Crippen LogP contribution is 1.99. The van der Waals surface area contributed by atoms with Crippen molar-refractivity contribution in [3.8, 4) is 0 Å². The van der Waals surface area contributed by atoms with Crippen molar-refractivity contribution in [1.29, 1.82) is 0 Å². The first-order chi connectivity index (χ1) is 6.70. The lowest BCUT2D eigenvalue weighted by Crippen LogP contribution is -1.92. The number of carbonyl (C=O) groups excluding carboxylic acids is 1. The maximum Gasteiger partial charge on any atom is 0.319 e. The summed E-state index contributed by atoms with van der Waals surface area (Å²) in [5.74, 6) is -0.746. The van der Waals surface area contributed by atoms with E-state index < -0.39 is 16.4 Å². The third kappa shape index (κ3) is 4.75. The molecule has 1 aromatic carbocycles. The molecule has 0 aliphatic rings. The summed E-state index contributed by atoms with van der Waals surface area (Å²) in [6, 6.07) is 8.00. The quantitative estimate of drug-likeness (QED) is 0.697. The minimum absolute atomic E-state index is 0.265. The highest BCUT2D eigenvalue weighted by molar-refractivity contribution is 7.77. The molecule has 0 aliphatic carbocycles. The van der Waals surface area contributed by atoms with Crippen LogP contribution >= 0.6 is 12.8 Å². The fraction of sp³-hybridized carbons (Fsp3) is 0. The molecule has 0 saturated carbocycles. The summed E-state index contributed by atoms with van der Waals surface area (Å²) in [7, 11) is -2.67. The van der Waals surface area contributed by atoms with Gasteiger partial charge in [0.2, 0.25) is 0 Å². The Morgan fingerprint density at radius 2 is 1.71 bits per heavy atom. The summed E-state index contributed by atoms with van der Waals surface area (Å²) >= 11 is 3.03. The van der Waals surface area contributed by atoms with E-state index in [2.05, 4.69) is 22.3 Å². The number of rotatable bonds is 1. The first-order valence-corrected chi connectivity index (χ1v) is 4.91. The molecule has 5 nitrogen and oxygen atoms in total. The van der Waals surface area contributed by atoms with E-state index in [1.54, 1.807) is 18.2 Å². The topological polar surface area (TPSA) is 89.6 Å². The predicted molar refractivity (Wildman–Crippen MR) is 55.3 cm³/mol. The van der Waals surface area contributed by atoms with Gasteiger partial charge in [-0.3, -0.25) is 9.93 Å². The normalized spacial score (nSPS) is 8.14. The van der Waals surface area contributed by atoms with Crippen LogP contribution in [0.25, 0.3) is 0 Å². The molecule has 2 N–H and O–H groups in total. The van der Waals surface area contributed by atoms with Gasteiger partial charge in [0.05, 0.1) is 0 Å². The lowest BCUT2D eigenvalue weighted by atomic mass is 10.2. The van der Waals surface area contributed by atoms with Crippen LogP contribution in [0.3, 0.4) is 0 Å². The predicted octanol–water partition coefficient (Wildman–Crippen LogP) is 0.679. The molecule has 0 spiro atoms. The van der Waals surface area contributed by atoms with Crippen LogP contribution in [0.4, 0.5) is 0 Å². The van der Waals surface area contributed by atoms with Gasteiger partial charge in [0.1, 0.15) is 0 Å². The first-order valence-electron chi connectivity index (χ1n) is 3.36. The number of carbonyl (C=O) groups is 1. The average Bonchev–Trinajstić information content (AvgIpc) is 2.21. The van der Waals surface area contributed by atoms with Crippen LogP contribution in [-0.4, -0.2) is 14.3 Å². The van der Waals surface area contributed by atoms with Crippen LogP contribution in [0.5, 0.6) is 0 Å². The van der Waals surface area contributed by atoms with Crippen LogP contribution in [0.15, 0.2) is 34.7 Å². The van der Waals surface area contributed by atoms with Crippen molar-refractivity contribution in [3.05, 3.63) is 35.9 Å². The molecule has 1 amide bonds. The molecule has 0 fully saturated rings. The lowest BCUT2D eigenvalue weighted by molar-refractivity contribution is 0.100. The van der Waals surface area contributed by atoms with Gasteiger partial charge in [-0.25, -0.2) is 0 Å². The summed E-state index contributed by atoms with van der Waals surface area (Å²) in [4.78, 5) is 10.9. The van der Waals surface area contributed by atoms with Gasteiger partial charge in [-0.15, -0.1) is 12.8 Å². The largest absolute Gasteiger partial charge is 0.319 e. The number of nitrogens with zero attached hydrogens (tertiary/aromatic N) is 1. The number of hydrogen-bond donors (Lipinski definition) is 2. The maximum atomic E-state index is 10.9. The van der Waals surface area contributed by atoms with Gasteiger partial charge in [0.25, 0.3) is 5.91 Å². The monoisotopic (exact) mass is 232 g/mol. The van der Waals surface area contributed by atoms with Crippen molar-refractivity contribution in [2.24, 2.45) is 9.50 Å². The number of amides is 1. The molecule has 1 rings (SSSR count). The fourth-order valence-electron chi connectivity index (χ4n) is 0.701. The van der Waals surface area contributed by atoms with Gasteiger partial charge in [-0.1, -0.05) is 22.6 Å². The van der Waals surface area contributed by atoms with Crippen molar-refractivity contribution in [2.45, 2.75) is 0 Å². The standard InChI is InChI=1S/C7H5NO3S.H3NS/c9-7(8-12(10)11)6-4-2-1-3-5-6;1-2/h1-5H;2H,1H2. The summed E-state index contributed by atoms with van der Waals surface area (Å²) in [5.41, 5.74) is 0.265. The third-order valence-electron chi connectivity index (χ3n) is 1.18. The van der Waals surface area contributed by atoms with Gasteiger partial charge in [0, 0.05) is 5.56 Å². The van der Waals surface area contributed by atoms with Crippen molar-refractivity contribution >= 4 is 29.2 Å². The van der Waals surface area contributed by atoms with Crippen molar-refractivity contribution in [2.75, 3.05) is 0 Å². The van der Waals surface area contributed by atoms with E-state index in [0.29, 0.717) is 0 Å². The Hall–Kier alpha value is -1.18. The molecular weight excluding hydrogens is 224 g/mol. The molecular formula is C7H8N2O3S2. The number of thiol groups is 1. The molecule has 0 atom stereocenters. The molecule has 0 aliphatic heterocycles. The van der Waals surface area contributed by atoms with E-state index in [-0.39, 0.29) is 5.56 Å². The zero-order chi connectivity index (χ0) is 11.0. The minimum Gasteiger partial charge on any atom is -0.281 e. The number of hydrogen-bond acceptors (Lipinski definition) is 5. The second kappa shape index (κ2) is 7.25.